The summed E-state index contributed by atoms with van der Waals surface area (Å²) < 4.78 is 10.1. The van der Waals surface area contributed by atoms with Gasteiger partial charge in [0.15, 0.2) is 0 Å². The second-order valence-electron chi connectivity index (χ2n) is 3.85. The average Bonchev–Trinajstić information content (AvgIpc) is 2.10. The summed E-state index contributed by atoms with van der Waals surface area (Å²) in [6.07, 6.45) is 2.17. The normalized spacial score (nSPS) is 10.9. The maximum absolute atomic E-state index is 11.3. The van der Waals surface area contributed by atoms with Gasteiger partial charge in [0.2, 0.25) is 0 Å². The predicted octanol–water partition coefficient (Wildman–Crippen LogP) is 2.04. The van der Waals surface area contributed by atoms with Gasteiger partial charge in [-0.05, 0) is 12.3 Å². The third-order valence-electron chi connectivity index (χ3n) is 1.81. The number of carbonyl (C=O) groups excluding carboxylic acids is 1. The molecule has 0 aliphatic carbocycles. The number of carbonyl (C=O) groups is 1. The van der Waals surface area contributed by atoms with Gasteiger partial charge in [-0.1, -0.05) is 13.8 Å². The van der Waals surface area contributed by atoms with Crippen molar-refractivity contribution in [3.63, 3.8) is 0 Å². The minimum absolute atomic E-state index is 0.343. The third kappa shape index (κ3) is 9.68. The zero-order valence-electron chi connectivity index (χ0n) is 9.54. The number of hydrogen-bond acceptors (Lipinski definition) is 3. The van der Waals surface area contributed by atoms with Gasteiger partial charge in [0.05, 0.1) is 13.2 Å². The lowest BCUT2D eigenvalue weighted by Crippen LogP contribution is -2.07. The highest BCUT2D eigenvalue weighted by Crippen LogP contribution is 2.04. The number of ether oxygens (including phenoxy) is 2. The van der Waals surface area contributed by atoms with E-state index in [9.17, 15) is 4.79 Å². The first kappa shape index (κ1) is 13.6. The number of ketones is 1. The van der Waals surface area contributed by atoms with Gasteiger partial charge in [-0.25, -0.2) is 0 Å². The van der Waals surface area contributed by atoms with Crippen LogP contribution in [0, 0.1) is 5.92 Å². The van der Waals surface area contributed by atoms with E-state index in [-0.39, 0.29) is 0 Å². The minimum atomic E-state index is 0.343. The SMILES string of the molecule is COCCOCCCC(=O)CC(C)C. The molecular weight excluding hydrogens is 180 g/mol. The topological polar surface area (TPSA) is 35.5 Å². The smallest absolute Gasteiger partial charge is 0.133 e. The first-order valence-electron chi connectivity index (χ1n) is 5.25. The molecule has 3 nitrogen and oxygen atoms in total. The van der Waals surface area contributed by atoms with E-state index >= 15 is 0 Å². The number of methoxy groups -OCH3 is 1. The molecule has 0 atom stereocenters. The standard InChI is InChI=1S/C11H22O3/c1-10(2)9-11(12)5-4-6-14-8-7-13-3/h10H,4-9H2,1-3H3. The van der Waals surface area contributed by atoms with Crippen LogP contribution >= 0.6 is 0 Å². The molecule has 0 aromatic heterocycles. The highest BCUT2D eigenvalue weighted by atomic mass is 16.5. The monoisotopic (exact) mass is 202 g/mol. The quantitative estimate of drug-likeness (QED) is 0.537. The maximum Gasteiger partial charge on any atom is 0.133 e. The molecule has 84 valence electrons. The molecule has 3 heteroatoms. The van der Waals surface area contributed by atoms with Crippen molar-refractivity contribution in [3.05, 3.63) is 0 Å². The maximum atomic E-state index is 11.3. The molecule has 0 unspecified atom stereocenters. The van der Waals surface area contributed by atoms with Crippen LogP contribution in [0.4, 0.5) is 0 Å². The van der Waals surface area contributed by atoms with Crippen LogP contribution in [0.25, 0.3) is 0 Å². The number of rotatable bonds is 9. The summed E-state index contributed by atoms with van der Waals surface area (Å²) >= 11 is 0. The highest BCUT2D eigenvalue weighted by molar-refractivity contribution is 5.78. The van der Waals surface area contributed by atoms with Gasteiger partial charge in [-0.15, -0.1) is 0 Å². The van der Waals surface area contributed by atoms with Crippen LogP contribution in [-0.2, 0) is 14.3 Å². The van der Waals surface area contributed by atoms with E-state index in [2.05, 4.69) is 13.8 Å². The van der Waals surface area contributed by atoms with Crippen LogP contribution in [0.5, 0.6) is 0 Å². The van der Waals surface area contributed by atoms with Crippen LogP contribution in [-0.4, -0.2) is 32.7 Å². The predicted molar refractivity (Wildman–Crippen MR) is 56.4 cm³/mol. The summed E-state index contributed by atoms with van der Waals surface area (Å²) in [5, 5.41) is 0. The van der Waals surface area contributed by atoms with Gasteiger partial charge < -0.3 is 9.47 Å². The Morgan fingerprint density at radius 3 is 2.50 bits per heavy atom. The Kier molecular flexibility index (Phi) is 8.89. The van der Waals surface area contributed by atoms with Crippen LogP contribution in [0.3, 0.4) is 0 Å². The van der Waals surface area contributed by atoms with Gasteiger partial charge >= 0.3 is 0 Å². The Morgan fingerprint density at radius 1 is 1.21 bits per heavy atom. The van der Waals surface area contributed by atoms with Crippen molar-refractivity contribution in [2.75, 3.05) is 26.9 Å². The van der Waals surface area contributed by atoms with Gasteiger partial charge in [0.25, 0.3) is 0 Å². The van der Waals surface area contributed by atoms with Crippen molar-refractivity contribution < 1.29 is 14.3 Å². The van der Waals surface area contributed by atoms with Crippen molar-refractivity contribution in [3.8, 4) is 0 Å². The molecule has 0 amide bonds. The van der Waals surface area contributed by atoms with E-state index in [0.717, 1.165) is 6.42 Å². The van der Waals surface area contributed by atoms with Gasteiger partial charge in [-0.3, -0.25) is 4.79 Å². The van der Waals surface area contributed by atoms with Gasteiger partial charge in [0.1, 0.15) is 5.78 Å². The van der Waals surface area contributed by atoms with Crippen molar-refractivity contribution in [2.24, 2.45) is 5.92 Å². The van der Waals surface area contributed by atoms with E-state index in [1.165, 1.54) is 0 Å². The first-order valence-corrected chi connectivity index (χ1v) is 5.25. The molecule has 0 spiro atoms. The molecule has 0 fully saturated rings. The average molecular weight is 202 g/mol. The molecule has 0 saturated heterocycles. The number of Topliss-reactive ketones (excluding diaryl/α,β-unsaturated/α-hetero) is 1. The Hall–Kier alpha value is -0.410. The van der Waals surface area contributed by atoms with Crippen LogP contribution in [0.2, 0.25) is 0 Å². The summed E-state index contributed by atoms with van der Waals surface area (Å²) in [4.78, 5) is 11.3. The molecule has 0 aromatic rings. The van der Waals surface area contributed by atoms with Gasteiger partial charge in [-0.2, -0.15) is 0 Å². The van der Waals surface area contributed by atoms with Crippen molar-refractivity contribution in [1.82, 2.24) is 0 Å². The van der Waals surface area contributed by atoms with E-state index in [1.807, 2.05) is 0 Å². The van der Waals surface area contributed by atoms with Crippen LogP contribution < -0.4 is 0 Å². The molecular formula is C11H22O3. The molecule has 0 saturated carbocycles. The second kappa shape index (κ2) is 9.16. The Balaban J connectivity index is 3.15. The summed E-state index contributed by atoms with van der Waals surface area (Å²) in [7, 11) is 1.65. The molecule has 14 heavy (non-hydrogen) atoms. The summed E-state index contributed by atoms with van der Waals surface area (Å²) in [5.41, 5.74) is 0. The summed E-state index contributed by atoms with van der Waals surface area (Å²) in [6.45, 7) is 6.03. The highest BCUT2D eigenvalue weighted by Gasteiger charge is 2.04. The Labute approximate surface area is 86.8 Å². The number of hydrogen-bond donors (Lipinski definition) is 0. The minimum Gasteiger partial charge on any atom is -0.382 e. The van der Waals surface area contributed by atoms with Gasteiger partial charge in [0, 0.05) is 26.6 Å². The largest absolute Gasteiger partial charge is 0.382 e. The van der Waals surface area contributed by atoms with Crippen molar-refractivity contribution in [2.45, 2.75) is 33.1 Å². The third-order valence-corrected chi connectivity index (χ3v) is 1.81. The van der Waals surface area contributed by atoms with Crippen LogP contribution in [0.1, 0.15) is 33.1 Å². The Bertz CT molecular complexity index is 143. The molecule has 0 bridgehead atoms. The fourth-order valence-electron chi connectivity index (χ4n) is 1.17. The van der Waals surface area contributed by atoms with E-state index in [0.29, 0.717) is 44.4 Å². The lowest BCUT2D eigenvalue weighted by Gasteiger charge is -2.04. The fourth-order valence-corrected chi connectivity index (χ4v) is 1.17. The van der Waals surface area contributed by atoms with E-state index in [1.54, 1.807) is 7.11 Å². The van der Waals surface area contributed by atoms with E-state index < -0.39 is 0 Å². The molecule has 0 aliphatic heterocycles. The zero-order chi connectivity index (χ0) is 10.8. The molecule has 0 aliphatic rings. The van der Waals surface area contributed by atoms with Crippen molar-refractivity contribution in [1.29, 1.82) is 0 Å². The van der Waals surface area contributed by atoms with Crippen molar-refractivity contribution >= 4 is 5.78 Å². The first-order chi connectivity index (χ1) is 6.66. The van der Waals surface area contributed by atoms with Crippen LogP contribution in [0.15, 0.2) is 0 Å². The summed E-state index contributed by atoms with van der Waals surface area (Å²) in [5.74, 6) is 0.812. The fraction of sp³-hybridized carbons (Fsp3) is 0.909. The molecule has 0 rings (SSSR count). The zero-order valence-corrected chi connectivity index (χ0v) is 9.54. The molecule has 0 heterocycles. The Morgan fingerprint density at radius 2 is 1.93 bits per heavy atom. The molecule has 0 N–H and O–H groups in total. The van der Waals surface area contributed by atoms with E-state index in [4.69, 9.17) is 9.47 Å². The lowest BCUT2D eigenvalue weighted by atomic mass is 10.0. The molecule has 0 aromatic carbocycles. The molecule has 0 radical (unpaired) electrons. The summed E-state index contributed by atoms with van der Waals surface area (Å²) in [6, 6.07) is 0. The second-order valence-corrected chi connectivity index (χ2v) is 3.85. The lowest BCUT2D eigenvalue weighted by molar-refractivity contribution is -0.120.